The van der Waals surface area contributed by atoms with E-state index in [1.165, 1.54) is 6.42 Å². The predicted molar refractivity (Wildman–Crippen MR) is 82.1 cm³/mol. The Hall–Kier alpha value is -1.07. The molecule has 2 rings (SSSR count). The maximum Gasteiger partial charge on any atom is 0.245 e. The van der Waals surface area contributed by atoms with Gasteiger partial charge >= 0.3 is 0 Å². The summed E-state index contributed by atoms with van der Waals surface area (Å²) in [6.07, 6.45) is 3.48. The summed E-state index contributed by atoms with van der Waals surface area (Å²) in [5.74, 6) is 0.510. The van der Waals surface area contributed by atoms with Crippen molar-refractivity contribution in [2.45, 2.75) is 44.9 Å². The van der Waals surface area contributed by atoms with Crippen molar-refractivity contribution in [1.29, 1.82) is 0 Å². The van der Waals surface area contributed by atoms with Crippen LogP contribution in [0.4, 0.5) is 5.69 Å². The minimum absolute atomic E-state index is 0.290. The standard InChI is InChI=1S/C15H24N2O2S/c1-4-17(10-13-6-5-7-13)20(18,19)15-12(3)9-8-11(2)14(15)16/h8-9,13H,4-7,10,16H2,1-3H3. The lowest BCUT2D eigenvalue weighted by molar-refractivity contribution is 0.250. The molecule has 0 spiro atoms. The molecule has 1 fully saturated rings. The van der Waals surface area contributed by atoms with Crippen molar-refractivity contribution in [2.24, 2.45) is 5.92 Å². The molecule has 112 valence electrons. The van der Waals surface area contributed by atoms with E-state index >= 15 is 0 Å². The Labute approximate surface area is 122 Å². The van der Waals surface area contributed by atoms with Gasteiger partial charge in [-0.3, -0.25) is 0 Å². The molecule has 1 saturated carbocycles. The molecule has 1 aromatic rings. The third-order valence-corrected chi connectivity index (χ3v) is 6.39. The van der Waals surface area contributed by atoms with Crippen LogP contribution in [0.2, 0.25) is 0 Å². The molecule has 0 amide bonds. The Morgan fingerprint density at radius 3 is 2.35 bits per heavy atom. The van der Waals surface area contributed by atoms with Gasteiger partial charge in [0, 0.05) is 13.1 Å². The first kappa shape index (κ1) is 15.3. The molecule has 0 atom stereocenters. The van der Waals surface area contributed by atoms with Gasteiger partial charge in [0.1, 0.15) is 4.90 Å². The second-order valence-electron chi connectivity index (χ2n) is 5.69. The van der Waals surface area contributed by atoms with Crippen LogP contribution in [0.25, 0.3) is 0 Å². The highest BCUT2D eigenvalue weighted by Gasteiger charge is 2.31. The second kappa shape index (κ2) is 5.74. The molecule has 0 aromatic heterocycles. The third-order valence-electron chi connectivity index (χ3n) is 4.25. The SMILES string of the molecule is CCN(CC1CCC1)S(=O)(=O)c1c(C)ccc(C)c1N. The van der Waals surface area contributed by atoms with Crippen LogP contribution in [0.5, 0.6) is 0 Å². The summed E-state index contributed by atoms with van der Waals surface area (Å²) >= 11 is 0. The Morgan fingerprint density at radius 1 is 1.25 bits per heavy atom. The number of nitrogen functional groups attached to an aromatic ring is 1. The zero-order valence-corrected chi connectivity index (χ0v) is 13.3. The zero-order valence-electron chi connectivity index (χ0n) is 12.5. The van der Waals surface area contributed by atoms with Gasteiger partial charge in [0.25, 0.3) is 0 Å². The van der Waals surface area contributed by atoms with Crippen LogP contribution in [-0.2, 0) is 10.0 Å². The van der Waals surface area contributed by atoms with Crippen molar-refractivity contribution in [2.75, 3.05) is 18.8 Å². The first-order chi connectivity index (χ1) is 9.37. The molecule has 5 heteroatoms. The zero-order chi connectivity index (χ0) is 14.9. The number of nitrogens with two attached hydrogens (primary N) is 1. The van der Waals surface area contributed by atoms with Gasteiger partial charge in [0.15, 0.2) is 0 Å². The number of hydrogen-bond donors (Lipinski definition) is 1. The molecule has 0 bridgehead atoms. The lowest BCUT2D eigenvalue weighted by Crippen LogP contribution is -2.37. The summed E-state index contributed by atoms with van der Waals surface area (Å²) in [4.78, 5) is 0.290. The Balaban J connectivity index is 2.39. The fraction of sp³-hybridized carbons (Fsp3) is 0.600. The first-order valence-corrected chi connectivity index (χ1v) is 8.67. The van der Waals surface area contributed by atoms with Gasteiger partial charge in [-0.2, -0.15) is 4.31 Å². The highest BCUT2D eigenvalue weighted by atomic mass is 32.2. The Kier molecular flexibility index (Phi) is 4.39. The maximum absolute atomic E-state index is 12.9. The van der Waals surface area contributed by atoms with Crippen molar-refractivity contribution in [1.82, 2.24) is 4.31 Å². The van der Waals surface area contributed by atoms with Gasteiger partial charge in [-0.05, 0) is 43.7 Å². The van der Waals surface area contributed by atoms with Crippen LogP contribution < -0.4 is 5.73 Å². The van der Waals surface area contributed by atoms with E-state index in [9.17, 15) is 8.42 Å². The molecule has 2 N–H and O–H groups in total. The maximum atomic E-state index is 12.9. The smallest absolute Gasteiger partial charge is 0.245 e. The van der Waals surface area contributed by atoms with Crippen molar-refractivity contribution in [3.05, 3.63) is 23.3 Å². The molecule has 4 nitrogen and oxygen atoms in total. The largest absolute Gasteiger partial charge is 0.397 e. The van der Waals surface area contributed by atoms with E-state index in [4.69, 9.17) is 5.73 Å². The summed E-state index contributed by atoms with van der Waals surface area (Å²) in [7, 11) is -3.50. The lowest BCUT2D eigenvalue weighted by atomic mass is 9.85. The van der Waals surface area contributed by atoms with Gasteiger partial charge in [0.2, 0.25) is 10.0 Å². The fourth-order valence-electron chi connectivity index (χ4n) is 2.64. The molecule has 0 unspecified atom stereocenters. The second-order valence-corrected chi connectivity index (χ2v) is 7.57. The van der Waals surface area contributed by atoms with E-state index in [-0.39, 0.29) is 0 Å². The van der Waals surface area contributed by atoms with E-state index in [0.29, 0.717) is 29.6 Å². The molecular weight excluding hydrogens is 272 g/mol. The van der Waals surface area contributed by atoms with E-state index < -0.39 is 10.0 Å². The number of anilines is 1. The number of sulfonamides is 1. The number of aryl methyl sites for hydroxylation is 2. The highest BCUT2D eigenvalue weighted by molar-refractivity contribution is 7.89. The molecular formula is C15H24N2O2S. The molecule has 20 heavy (non-hydrogen) atoms. The summed E-state index contributed by atoms with van der Waals surface area (Å²) in [5.41, 5.74) is 7.96. The number of benzene rings is 1. The monoisotopic (exact) mass is 296 g/mol. The third kappa shape index (κ3) is 2.69. The number of rotatable bonds is 5. The molecule has 0 heterocycles. The summed E-state index contributed by atoms with van der Waals surface area (Å²) in [6.45, 7) is 6.64. The van der Waals surface area contributed by atoms with Crippen LogP contribution in [0.3, 0.4) is 0 Å². The average Bonchev–Trinajstić information content (AvgIpc) is 2.32. The van der Waals surface area contributed by atoms with Crippen LogP contribution in [0, 0.1) is 19.8 Å². The number of nitrogens with zero attached hydrogens (tertiary/aromatic N) is 1. The van der Waals surface area contributed by atoms with E-state index in [2.05, 4.69) is 0 Å². The molecule has 0 saturated heterocycles. The van der Waals surface area contributed by atoms with Gasteiger partial charge in [-0.1, -0.05) is 25.5 Å². The van der Waals surface area contributed by atoms with Crippen LogP contribution >= 0.6 is 0 Å². The van der Waals surface area contributed by atoms with Crippen LogP contribution in [0.15, 0.2) is 17.0 Å². The summed E-state index contributed by atoms with van der Waals surface area (Å²) < 4.78 is 27.3. The molecule has 0 radical (unpaired) electrons. The van der Waals surface area contributed by atoms with Crippen molar-refractivity contribution in [3.8, 4) is 0 Å². The normalized spacial score (nSPS) is 16.4. The van der Waals surface area contributed by atoms with E-state index in [1.807, 2.05) is 26.0 Å². The average molecular weight is 296 g/mol. The minimum atomic E-state index is -3.50. The quantitative estimate of drug-likeness (QED) is 0.850. The van der Waals surface area contributed by atoms with Crippen molar-refractivity contribution in [3.63, 3.8) is 0 Å². The molecule has 1 aliphatic carbocycles. The van der Waals surface area contributed by atoms with Gasteiger partial charge < -0.3 is 5.73 Å². The van der Waals surface area contributed by atoms with E-state index in [1.54, 1.807) is 11.2 Å². The van der Waals surface area contributed by atoms with Gasteiger partial charge in [-0.15, -0.1) is 0 Å². The highest BCUT2D eigenvalue weighted by Crippen LogP contribution is 2.32. The molecule has 1 aromatic carbocycles. The molecule has 0 aliphatic heterocycles. The van der Waals surface area contributed by atoms with Gasteiger partial charge in [-0.25, -0.2) is 8.42 Å². The Bertz CT molecular complexity index is 592. The topological polar surface area (TPSA) is 63.4 Å². The first-order valence-electron chi connectivity index (χ1n) is 7.23. The van der Waals surface area contributed by atoms with Gasteiger partial charge in [0.05, 0.1) is 5.69 Å². The Morgan fingerprint density at radius 2 is 1.85 bits per heavy atom. The summed E-state index contributed by atoms with van der Waals surface area (Å²) in [6, 6.07) is 3.70. The van der Waals surface area contributed by atoms with E-state index in [0.717, 1.165) is 24.0 Å². The fourth-order valence-corrected chi connectivity index (χ4v) is 4.56. The van der Waals surface area contributed by atoms with Crippen molar-refractivity contribution < 1.29 is 8.42 Å². The molecule has 1 aliphatic rings. The minimum Gasteiger partial charge on any atom is -0.397 e. The van der Waals surface area contributed by atoms with Crippen LogP contribution in [-0.4, -0.2) is 25.8 Å². The summed E-state index contributed by atoms with van der Waals surface area (Å²) in [5, 5.41) is 0. The lowest BCUT2D eigenvalue weighted by Gasteiger charge is -2.31. The predicted octanol–water partition coefficient (Wildman–Crippen LogP) is 2.70. The van der Waals surface area contributed by atoms with Crippen LogP contribution in [0.1, 0.15) is 37.3 Å². The van der Waals surface area contributed by atoms with Crippen molar-refractivity contribution >= 4 is 15.7 Å². The number of hydrogen-bond acceptors (Lipinski definition) is 3.